The lowest BCUT2D eigenvalue weighted by molar-refractivity contribution is -0.205. The summed E-state index contributed by atoms with van der Waals surface area (Å²) in [6, 6.07) is 0. The fraction of sp³-hybridized carbons (Fsp3) is 0.900. The number of fused-ring (bicyclic) bond motifs is 7. The third-order valence-corrected chi connectivity index (χ3v) is 12.9. The van der Waals surface area contributed by atoms with Crippen molar-refractivity contribution in [1.29, 1.82) is 0 Å². The predicted molar refractivity (Wildman–Crippen MR) is 132 cm³/mol. The molecule has 0 bridgehead atoms. The smallest absolute Gasteiger partial charge is 0.312 e. The van der Waals surface area contributed by atoms with Crippen LogP contribution in [0.3, 0.4) is 0 Å². The van der Waals surface area contributed by atoms with Gasteiger partial charge in [-0.05, 0) is 110 Å². The fourth-order valence-electron chi connectivity index (χ4n) is 10.7. The Labute approximate surface area is 202 Å². The van der Waals surface area contributed by atoms with E-state index in [-0.39, 0.29) is 39.1 Å². The third kappa shape index (κ3) is 2.87. The Morgan fingerprint density at radius 1 is 0.970 bits per heavy atom. The Morgan fingerprint density at radius 2 is 1.70 bits per heavy atom. The van der Waals surface area contributed by atoms with Gasteiger partial charge in [-0.2, -0.15) is 0 Å². The molecular formula is C30H48O3. The molecule has 186 valence electrons. The van der Waals surface area contributed by atoms with E-state index in [4.69, 9.17) is 4.74 Å². The van der Waals surface area contributed by atoms with Crippen LogP contribution in [0.5, 0.6) is 0 Å². The normalized spacial score (nSPS) is 53.0. The molecule has 3 nitrogen and oxygen atoms in total. The lowest BCUT2D eigenvalue weighted by atomic mass is 9.34. The van der Waals surface area contributed by atoms with Crippen molar-refractivity contribution in [1.82, 2.24) is 0 Å². The van der Waals surface area contributed by atoms with Gasteiger partial charge < -0.3 is 9.84 Å². The minimum Gasteiger partial charge on any atom is -0.469 e. The number of esters is 1. The van der Waals surface area contributed by atoms with Crippen molar-refractivity contribution in [3.05, 3.63) is 11.6 Å². The third-order valence-electron chi connectivity index (χ3n) is 12.9. The summed E-state index contributed by atoms with van der Waals surface area (Å²) in [5.74, 6) is 2.30. The van der Waals surface area contributed by atoms with Crippen LogP contribution in [-0.2, 0) is 9.53 Å². The van der Waals surface area contributed by atoms with Crippen molar-refractivity contribution >= 4 is 5.97 Å². The van der Waals surface area contributed by atoms with Crippen LogP contribution in [0.1, 0.15) is 106 Å². The number of allylic oxidation sites excluding steroid dienone is 2. The van der Waals surface area contributed by atoms with Crippen LogP contribution in [0.4, 0.5) is 0 Å². The number of aliphatic hydroxyl groups excluding tert-OH is 1. The molecule has 0 saturated heterocycles. The van der Waals surface area contributed by atoms with Gasteiger partial charge in [0, 0.05) is 0 Å². The zero-order valence-electron chi connectivity index (χ0n) is 22.3. The minimum atomic E-state index is -0.298. The summed E-state index contributed by atoms with van der Waals surface area (Å²) in [4.78, 5) is 13.2. The highest BCUT2D eigenvalue weighted by Crippen LogP contribution is 2.75. The molecule has 33 heavy (non-hydrogen) atoms. The fourth-order valence-corrected chi connectivity index (χ4v) is 10.7. The van der Waals surface area contributed by atoms with Gasteiger partial charge >= 0.3 is 5.97 Å². The summed E-state index contributed by atoms with van der Waals surface area (Å²) < 4.78 is 5.46. The van der Waals surface area contributed by atoms with Crippen molar-refractivity contribution in [2.24, 2.45) is 50.7 Å². The average molecular weight is 457 g/mol. The van der Waals surface area contributed by atoms with Gasteiger partial charge in [-0.1, -0.05) is 53.2 Å². The molecule has 3 heteroatoms. The van der Waals surface area contributed by atoms with E-state index in [1.54, 1.807) is 12.7 Å². The van der Waals surface area contributed by atoms with Crippen LogP contribution in [0.2, 0.25) is 0 Å². The van der Waals surface area contributed by atoms with E-state index in [2.05, 4.69) is 47.6 Å². The summed E-state index contributed by atoms with van der Waals surface area (Å²) in [6.07, 6.45) is 13.5. The van der Waals surface area contributed by atoms with Crippen LogP contribution in [-0.4, -0.2) is 24.3 Å². The van der Waals surface area contributed by atoms with Crippen molar-refractivity contribution in [3.63, 3.8) is 0 Å². The molecular weight excluding hydrogens is 408 g/mol. The number of aliphatic hydroxyl groups is 1. The first-order valence-electron chi connectivity index (χ1n) is 13.8. The first-order valence-corrected chi connectivity index (χ1v) is 13.8. The Balaban J connectivity index is 1.59. The highest BCUT2D eigenvalue weighted by molar-refractivity contribution is 5.78. The summed E-state index contributed by atoms with van der Waals surface area (Å²) in [5.41, 5.74) is 1.99. The summed E-state index contributed by atoms with van der Waals surface area (Å²) >= 11 is 0. The van der Waals surface area contributed by atoms with E-state index in [1.807, 2.05) is 0 Å². The molecule has 9 atom stereocenters. The Morgan fingerprint density at radius 3 is 2.39 bits per heavy atom. The van der Waals surface area contributed by atoms with Crippen LogP contribution < -0.4 is 0 Å². The molecule has 0 aromatic heterocycles. The summed E-state index contributed by atoms with van der Waals surface area (Å²) in [5, 5.41) is 10.9. The van der Waals surface area contributed by atoms with Crippen LogP contribution in [0.25, 0.3) is 0 Å². The van der Waals surface area contributed by atoms with Gasteiger partial charge in [-0.3, -0.25) is 4.79 Å². The standard InChI is InChI=1S/C30H48O3/c1-19-10-15-30(25(32)33-7)17-16-28(5)20(21(30)18-19)8-9-23-27(4)13-12-24(31)26(2,3)22(27)11-14-29(23,28)6/h8,19,21-24,31H,9-18H2,1-7H3/t19-,21-,22?,23?,24-,27-,28-,29+,30?/m0/s1. The van der Waals surface area contributed by atoms with E-state index in [9.17, 15) is 9.90 Å². The van der Waals surface area contributed by atoms with Crippen molar-refractivity contribution < 1.29 is 14.6 Å². The summed E-state index contributed by atoms with van der Waals surface area (Å²) in [7, 11) is 1.59. The van der Waals surface area contributed by atoms with Gasteiger partial charge in [0.15, 0.2) is 0 Å². The lowest BCUT2D eigenvalue weighted by Gasteiger charge is -2.71. The largest absolute Gasteiger partial charge is 0.469 e. The number of carbonyl (C=O) groups is 1. The molecule has 0 aliphatic heterocycles. The van der Waals surface area contributed by atoms with Gasteiger partial charge in [0.05, 0.1) is 18.6 Å². The maximum atomic E-state index is 13.2. The summed E-state index contributed by atoms with van der Waals surface area (Å²) in [6.45, 7) is 14.8. The quantitative estimate of drug-likeness (QED) is 0.344. The van der Waals surface area contributed by atoms with Crippen LogP contribution in [0, 0.1) is 50.7 Å². The number of methoxy groups -OCH3 is 1. The van der Waals surface area contributed by atoms with Gasteiger partial charge in [0.2, 0.25) is 0 Å². The molecule has 0 spiro atoms. The first kappa shape index (κ1) is 23.9. The SMILES string of the molecule is COC(=O)C12CC[C@H](C)C[C@H]1C1=CCC3[C@@]4(C)CC[C@H](O)C(C)(C)C4CC[C@@]3(C)[C@@]1(C)CC2. The van der Waals surface area contributed by atoms with Gasteiger partial charge in [0.25, 0.3) is 0 Å². The Hall–Kier alpha value is -0.830. The van der Waals surface area contributed by atoms with Crippen LogP contribution >= 0.6 is 0 Å². The molecule has 4 fully saturated rings. The molecule has 5 aliphatic rings. The second-order valence-electron chi connectivity index (χ2n) is 14.3. The number of ether oxygens (including phenoxy) is 1. The topological polar surface area (TPSA) is 46.5 Å². The molecule has 0 radical (unpaired) electrons. The molecule has 5 rings (SSSR count). The highest BCUT2D eigenvalue weighted by Gasteiger charge is 2.68. The molecule has 1 N–H and O–H groups in total. The number of hydrogen-bond acceptors (Lipinski definition) is 3. The zero-order valence-corrected chi connectivity index (χ0v) is 22.3. The second kappa shape index (κ2) is 7.34. The van der Waals surface area contributed by atoms with Gasteiger partial charge in [-0.25, -0.2) is 0 Å². The van der Waals surface area contributed by atoms with Gasteiger partial charge in [-0.15, -0.1) is 0 Å². The first-order chi connectivity index (χ1) is 15.4. The molecule has 5 aliphatic carbocycles. The van der Waals surface area contributed by atoms with Crippen molar-refractivity contribution in [3.8, 4) is 0 Å². The van der Waals surface area contributed by atoms with E-state index in [0.29, 0.717) is 23.7 Å². The Bertz CT molecular complexity index is 859. The van der Waals surface area contributed by atoms with Gasteiger partial charge in [0.1, 0.15) is 0 Å². The number of hydrogen-bond donors (Lipinski definition) is 1. The molecule has 0 heterocycles. The molecule has 0 aromatic rings. The molecule has 0 amide bonds. The van der Waals surface area contributed by atoms with Crippen molar-refractivity contribution in [2.75, 3.05) is 7.11 Å². The monoisotopic (exact) mass is 456 g/mol. The molecule has 0 aromatic carbocycles. The van der Waals surface area contributed by atoms with Crippen LogP contribution in [0.15, 0.2) is 11.6 Å². The average Bonchev–Trinajstić information content (AvgIpc) is 2.76. The van der Waals surface area contributed by atoms with E-state index >= 15 is 0 Å². The predicted octanol–water partition coefficient (Wildman–Crippen LogP) is 6.93. The highest BCUT2D eigenvalue weighted by atomic mass is 16.5. The maximum absolute atomic E-state index is 13.2. The van der Waals surface area contributed by atoms with E-state index in [1.165, 1.54) is 12.8 Å². The Kier molecular flexibility index (Phi) is 5.31. The minimum absolute atomic E-state index is 0.00929. The maximum Gasteiger partial charge on any atom is 0.312 e. The molecule has 4 saturated carbocycles. The van der Waals surface area contributed by atoms with E-state index in [0.717, 1.165) is 51.4 Å². The second-order valence-corrected chi connectivity index (χ2v) is 14.3. The number of carbonyl (C=O) groups excluding carboxylic acids is 1. The number of rotatable bonds is 1. The lowest BCUT2D eigenvalue weighted by Crippen LogP contribution is -2.65. The zero-order chi connectivity index (χ0) is 24.0. The van der Waals surface area contributed by atoms with E-state index < -0.39 is 0 Å². The van der Waals surface area contributed by atoms with Crippen molar-refractivity contribution in [2.45, 2.75) is 112 Å². The molecule has 3 unspecified atom stereocenters.